The van der Waals surface area contributed by atoms with Gasteiger partial charge in [0.2, 0.25) is 0 Å². The fourth-order valence-corrected chi connectivity index (χ4v) is 9.32. The molecule has 0 fully saturated rings. The summed E-state index contributed by atoms with van der Waals surface area (Å²) < 4.78 is 10.6. The number of rotatable bonds is 4. The average Bonchev–Trinajstić information content (AvgIpc) is 3.88. The Kier molecular flexibility index (Phi) is 6.21. The summed E-state index contributed by atoms with van der Waals surface area (Å²) in [5.74, 6) is 0.696. The summed E-state index contributed by atoms with van der Waals surface area (Å²) in [6.07, 6.45) is 6.83. The largest absolute Gasteiger partial charge is 0.454 e. The maximum absolute atomic E-state index is 6.85. The Balaban J connectivity index is 1.17. The molecule has 0 spiro atoms. The first-order valence-electron chi connectivity index (χ1n) is 17.4. The highest BCUT2D eigenvalue weighted by molar-refractivity contribution is 7.20. The van der Waals surface area contributed by atoms with E-state index in [9.17, 15) is 0 Å². The first-order valence-corrected chi connectivity index (χ1v) is 18.2. The third-order valence-electron chi connectivity index (χ3n) is 10.3. The number of fused-ring (bicyclic) bond motifs is 12. The van der Waals surface area contributed by atoms with E-state index in [1.165, 1.54) is 42.1 Å². The highest BCUT2D eigenvalue weighted by Gasteiger charge is 2.27. The van der Waals surface area contributed by atoms with Crippen LogP contribution in [0.4, 0.5) is 0 Å². The molecular formula is C46H29N3OS. The predicted molar refractivity (Wildman–Crippen MR) is 213 cm³/mol. The smallest absolute Gasteiger partial charge is 0.161 e. The van der Waals surface area contributed by atoms with Crippen molar-refractivity contribution in [1.82, 2.24) is 14.5 Å². The van der Waals surface area contributed by atoms with Gasteiger partial charge in [-0.3, -0.25) is 0 Å². The van der Waals surface area contributed by atoms with Gasteiger partial charge in [0.05, 0.1) is 22.4 Å². The quantitative estimate of drug-likeness (QED) is 0.187. The molecule has 51 heavy (non-hydrogen) atoms. The van der Waals surface area contributed by atoms with E-state index in [4.69, 9.17) is 14.4 Å². The summed E-state index contributed by atoms with van der Waals surface area (Å²) in [4.78, 5) is 11.6. The van der Waals surface area contributed by atoms with E-state index < -0.39 is 0 Å². The number of benzene rings is 6. The van der Waals surface area contributed by atoms with Crippen LogP contribution in [0.2, 0.25) is 0 Å². The van der Waals surface area contributed by atoms with E-state index >= 15 is 0 Å². The minimum Gasteiger partial charge on any atom is -0.454 e. The van der Waals surface area contributed by atoms with Crippen LogP contribution in [-0.2, 0) is 6.42 Å². The zero-order chi connectivity index (χ0) is 33.5. The van der Waals surface area contributed by atoms with E-state index in [2.05, 4.69) is 144 Å². The Labute approximate surface area is 297 Å². The van der Waals surface area contributed by atoms with Crippen LogP contribution in [0, 0.1) is 0 Å². The van der Waals surface area contributed by atoms with E-state index in [1.54, 1.807) is 0 Å². The van der Waals surface area contributed by atoms with Gasteiger partial charge in [-0.25, -0.2) is 9.97 Å². The van der Waals surface area contributed by atoms with Crippen LogP contribution in [0.3, 0.4) is 0 Å². The second kappa shape index (κ2) is 11.1. The van der Waals surface area contributed by atoms with E-state index in [1.807, 2.05) is 23.5 Å². The van der Waals surface area contributed by atoms with Crippen molar-refractivity contribution in [2.45, 2.75) is 12.8 Å². The molecule has 0 radical (unpaired) electrons. The number of hydrogen-bond donors (Lipinski definition) is 0. The third-order valence-corrected chi connectivity index (χ3v) is 11.5. The van der Waals surface area contributed by atoms with Crippen LogP contribution in [-0.4, -0.2) is 14.5 Å². The molecule has 0 saturated heterocycles. The number of nitrogens with zero attached hydrogens (tertiary/aromatic N) is 3. The maximum Gasteiger partial charge on any atom is 0.161 e. The maximum atomic E-state index is 6.85. The highest BCUT2D eigenvalue weighted by atomic mass is 32.1. The second-order valence-electron chi connectivity index (χ2n) is 13.2. The summed E-state index contributed by atoms with van der Waals surface area (Å²) >= 11 is 1.94. The number of hydrogen-bond acceptors (Lipinski definition) is 4. The number of allylic oxidation sites excluding steroid dienone is 1. The molecule has 10 aromatic rings. The highest BCUT2D eigenvalue weighted by Crippen LogP contribution is 2.50. The van der Waals surface area contributed by atoms with Crippen LogP contribution < -0.4 is 0 Å². The monoisotopic (exact) mass is 671 g/mol. The minimum absolute atomic E-state index is 0.696. The van der Waals surface area contributed by atoms with Gasteiger partial charge >= 0.3 is 0 Å². The SMILES string of the molecule is C1=Cc2c(sc3c2c2c4ccccc4n(-c4ccc(-c5nc(-c6ccccc6)cc(-c6ccccc6)n5)cc4)c2c2oc4ccccc4c23)CC1. The zero-order valence-electron chi connectivity index (χ0n) is 27.5. The first kappa shape index (κ1) is 28.5. The number of furan rings is 1. The topological polar surface area (TPSA) is 43.9 Å². The van der Waals surface area contributed by atoms with Crippen molar-refractivity contribution < 1.29 is 4.42 Å². The van der Waals surface area contributed by atoms with Gasteiger partial charge in [-0.2, -0.15) is 0 Å². The zero-order valence-corrected chi connectivity index (χ0v) is 28.3. The van der Waals surface area contributed by atoms with Crippen molar-refractivity contribution in [2.24, 2.45) is 0 Å². The van der Waals surface area contributed by atoms with Gasteiger partial charge in [-0.05, 0) is 60.9 Å². The van der Waals surface area contributed by atoms with Crippen molar-refractivity contribution in [3.63, 3.8) is 0 Å². The molecule has 1 aliphatic rings. The molecule has 0 saturated carbocycles. The Morgan fingerprint density at radius 3 is 2.02 bits per heavy atom. The molecule has 6 aromatic carbocycles. The predicted octanol–water partition coefficient (Wildman–Crippen LogP) is 12.6. The first-order chi connectivity index (χ1) is 25.3. The van der Waals surface area contributed by atoms with Gasteiger partial charge in [0.25, 0.3) is 0 Å². The van der Waals surface area contributed by atoms with Gasteiger partial charge in [-0.1, -0.05) is 109 Å². The molecule has 5 heteroatoms. The standard InChI is InChI=1S/C46H29N3OS/c1-3-13-28(14-4-1)35-27-36(29-15-5-2-6-16-29)48-46(47-35)30-23-25-31(26-24-30)49-37-20-10-7-17-32(37)40-41-34-19-9-12-22-39(34)51-45(41)42-33-18-8-11-21-38(33)50-44(42)43(40)49/h1-11,13-21,23-27H,12,22H2. The Bertz CT molecular complexity index is 2950. The van der Waals surface area contributed by atoms with Crippen LogP contribution >= 0.6 is 11.3 Å². The molecule has 0 aliphatic heterocycles. The molecule has 4 aromatic heterocycles. The Hall–Kier alpha value is -6.30. The van der Waals surface area contributed by atoms with Gasteiger partial charge in [0, 0.05) is 58.9 Å². The van der Waals surface area contributed by atoms with Gasteiger partial charge in [0.1, 0.15) is 5.58 Å². The van der Waals surface area contributed by atoms with Crippen molar-refractivity contribution >= 4 is 71.2 Å². The molecule has 1 aliphatic carbocycles. The summed E-state index contributed by atoms with van der Waals surface area (Å²) in [6.45, 7) is 0. The lowest BCUT2D eigenvalue weighted by Crippen LogP contribution is -1.97. The lowest BCUT2D eigenvalue weighted by Gasteiger charge is -2.11. The summed E-state index contributed by atoms with van der Waals surface area (Å²) in [7, 11) is 0. The summed E-state index contributed by atoms with van der Waals surface area (Å²) in [6, 6.07) is 48.7. The van der Waals surface area contributed by atoms with Crippen LogP contribution in [0.15, 0.2) is 150 Å². The van der Waals surface area contributed by atoms with Crippen molar-refractivity contribution in [3.05, 3.63) is 156 Å². The van der Waals surface area contributed by atoms with E-state index in [0.717, 1.165) is 68.8 Å². The van der Waals surface area contributed by atoms with Gasteiger partial charge in [0.15, 0.2) is 11.4 Å². The number of aromatic nitrogens is 3. The molecule has 0 atom stereocenters. The lowest BCUT2D eigenvalue weighted by molar-refractivity contribution is 0.671. The van der Waals surface area contributed by atoms with Crippen LogP contribution in [0.5, 0.6) is 0 Å². The summed E-state index contributed by atoms with van der Waals surface area (Å²) in [5.41, 5.74) is 11.4. The van der Waals surface area contributed by atoms with Crippen molar-refractivity contribution in [2.75, 3.05) is 0 Å². The molecule has 4 heterocycles. The molecule has 0 bridgehead atoms. The second-order valence-corrected chi connectivity index (χ2v) is 14.3. The molecule has 11 rings (SSSR count). The fraction of sp³-hybridized carbons (Fsp3) is 0.0435. The van der Waals surface area contributed by atoms with E-state index in [0.29, 0.717) is 5.82 Å². The van der Waals surface area contributed by atoms with Crippen molar-refractivity contribution in [1.29, 1.82) is 0 Å². The van der Waals surface area contributed by atoms with Gasteiger partial charge < -0.3 is 8.98 Å². The van der Waals surface area contributed by atoms with E-state index in [-0.39, 0.29) is 0 Å². The molecular weight excluding hydrogens is 643 g/mol. The Morgan fingerprint density at radius 2 is 1.27 bits per heavy atom. The molecule has 240 valence electrons. The number of para-hydroxylation sites is 2. The van der Waals surface area contributed by atoms with Crippen LogP contribution in [0.25, 0.3) is 99.5 Å². The molecule has 0 N–H and O–H groups in total. The Morgan fingerprint density at radius 1 is 0.608 bits per heavy atom. The molecule has 4 nitrogen and oxygen atoms in total. The van der Waals surface area contributed by atoms with Crippen LogP contribution in [0.1, 0.15) is 16.9 Å². The average molecular weight is 672 g/mol. The van der Waals surface area contributed by atoms with Gasteiger partial charge in [-0.15, -0.1) is 11.3 Å². The number of aryl methyl sites for hydroxylation is 1. The third kappa shape index (κ3) is 4.32. The van der Waals surface area contributed by atoms with Crippen molar-refractivity contribution in [3.8, 4) is 39.6 Å². The summed E-state index contributed by atoms with van der Waals surface area (Å²) in [5, 5.41) is 6.20. The molecule has 0 unspecified atom stereocenters. The molecule has 0 amide bonds. The fourth-order valence-electron chi connectivity index (χ4n) is 7.96. The lowest BCUT2D eigenvalue weighted by atomic mass is 9.97. The normalized spacial score (nSPS) is 12.9. The minimum atomic E-state index is 0.696. The number of thiophene rings is 1.